The number of rotatable bonds is 2. The summed E-state index contributed by atoms with van der Waals surface area (Å²) < 4.78 is 0. The van der Waals surface area contributed by atoms with Crippen LogP contribution in [0, 0.1) is 12.3 Å². The van der Waals surface area contributed by atoms with E-state index in [1.165, 1.54) is 12.1 Å². The van der Waals surface area contributed by atoms with E-state index in [1.54, 1.807) is 13.0 Å². The number of amidine groups is 1. The van der Waals surface area contributed by atoms with Gasteiger partial charge >= 0.3 is 0 Å². The molecule has 4 heteroatoms. The molecule has 0 heterocycles. The summed E-state index contributed by atoms with van der Waals surface area (Å²) in [6.45, 7) is 3.70. The number of aryl methyl sites for hydroxylation is 1. The van der Waals surface area contributed by atoms with Gasteiger partial charge in [-0.05, 0) is 26.0 Å². The summed E-state index contributed by atoms with van der Waals surface area (Å²) in [5, 5.41) is 27.0. The fraction of sp³-hybridized carbons (Fsp3) is 0.125. The molecule has 0 fully saturated rings. The monoisotopic (exact) mass is 268 g/mol. The lowest BCUT2D eigenvalue weighted by Crippen LogP contribution is -2.02. The van der Waals surface area contributed by atoms with E-state index in [2.05, 4.69) is 4.99 Å². The Morgan fingerprint density at radius 2 is 1.70 bits per heavy atom. The van der Waals surface area contributed by atoms with E-state index in [9.17, 15) is 10.2 Å². The molecule has 0 amide bonds. The second-order valence-electron chi connectivity index (χ2n) is 4.61. The van der Waals surface area contributed by atoms with E-state index in [4.69, 9.17) is 5.41 Å². The van der Waals surface area contributed by atoms with Gasteiger partial charge in [-0.3, -0.25) is 5.41 Å². The van der Waals surface area contributed by atoms with Gasteiger partial charge in [0.2, 0.25) is 0 Å². The highest BCUT2D eigenvalue weighted by molar-refractivity contribution is 6.11. The molecule has 0 spiro atoms. The van der Waals surface area contributed by atoms with Crippen LogP contribution in [0.1, 0.15) is 23.6 Å². The second-order valence-corrected chi connectivity index (χ2v) is 4.61. The lowest BCUT2D eigenvalue weighted by atomic mass is 10.1. The van der Waals surface area contributed by atoms with Gasteiger partial charge in [0.15, 0.2) is 5.84 Å². The Bertz CT molecular complexity index is 673. The van der Waals surface area contributed by atoms with Crippen LogP contribution in [0.5, 0.6) is 11.5 Å². The van der Waals surface area contributed by atoms with Crippen LogP contribution in [0.15, 0.2) is 47.5 Å². The molecule has 4 nitrogen and oxygen atoms in total. The zero-order valence-corrected chi connectivity index (χ0v) is 11.4. The quantitative estimate of drug-likeness (QED) is 0.577. The van der Waals surface area contributed by atoms with Gasteiger partial charge in [0.25, 0.3) is 0 Å². The minimum Gasteiger partial charge on any atom is -0.508 e. The fourth-order valence-electron chi connectivity index (χ4n) is 1.83. The van der Waals surface area contributed by atoms with Crippen LogP contribution in [0.3, 0.4) is 0 Å². The van der Waals surface area contributed by atoms with E-state index in [0.29, 0.717) is 16.8 Å². The molecule has 2 aromatic rings. The van der Waals surface area contributed by atoms with Crippen LogP contribution >= 0.6 is 0 Å². The smallest absolute Gasteiger partial charge is 0.152 e. The predicted molar refractivity (Wildman–Crippen MR) is 80.0 cm³/mol. The van der Waals surface area contributed by atoms with Crippen LogP contribution in [0.25, 0.3) is 0 Å². The van der Waals surface area contributed by atoms with E-state index < -0.39 is 0 Å². The van der Waals surface area contributed by atoms with E-state index in [1.807, 2.05) is 31.2 Å². The molecule has 0 saturated heterocycles. The number of hydrogen-bond acceptors (Lipinski definition) is 3. The highest BCUT2D eigenvalue weighted by Gasteiger charge is 2.07. The third kappa shape index (κ3) is 3.03. The van der Waals surface area contributed by atoms with Crippen molar-refractivity contribution in [3.05, 3.63) is 59.2 Å². The van der Waals surface area contributed by atoms with Crippen molar-refractivity contribution in [3.8, 4) is 11.5 Å². The Balaban J connectivity index is 2.29. The molecule has 0 bridgehead atoms. The number of aromatic hydroxyl groups is 2. The molecule has 3 N–H and O–H groups in total. The van der Waals surface area contributed by atoms with Gasteiger partial charge in [-0.1, -0.05) is 29.8 Å². The average molecular weight is 268 g/mol. The Kier molecular flexibility index (Phi) is 3.84. The van der Waals surface area contributed by atoms with Gasteiger partial charge in [0.05, 0.1) is 5.71 Å². The lowest BCUT2D eigenvalue weighted by molar-refractivity contribution is 0.450. The molecular formula is C16H16N2O2. The molecule has 0 aliphatic carbocycles. The molecular weight excluding hydrogens is 252 g/mol. The lowest BCUT2D eigenvalue weighted by Gasteiger charge is -2.06. The Hall–Kier alpha value is -2.62. The summed E-state index contributed by atoms with van der Waals surface area (Å²) in [7, 11) is 0. The van der Waals surface area contributed by atoms with Crippen molar-refractivity contribution in [1.82, 2.24) is 0 Å². The third-order valence-corrected chi connectivity index (χ3v) is 2.98. The number of nitrogens with one attached hydrogen (secondary N) is 1. The first-order chi connectivity index (χ1) is 9.47. The number of benzene rings is 2. The molecule has 0 saturated carbocycles. The van der Waals surface area contributed by atoms with Crippen molar-refractivity contribution < 1.29 is 10.2 Å². The van der Waals surface area contributed by atoms with Gasteiger partial charge in [0, 0.05) is 17.2 Å². The largest absolute Gasteiger partial charge is 0.508 e. The average Bonchev–Trinajstić information content (AvgIpc) is 2.39. The van der Waals surface area contributed by atoms with Crippen molar-refractivity contribution in [2.24, 2.45) is 4.99 Å². The van der Waals surface area contributed by atoms with Crippen molar-refractivity contribution in [2.45, 2.75) is 13.8 Å². The first-order valence-electron chi connectivity index (χ1n) is 6.20. The molecule has 0 atom stereocenters. The summed E-state index contributed by atoms with van der Waals surface area (Å²) in [5.74, 6) is 0.0746. The molecule has 0 aliphatic heterocycles. The summed E-state index contributed by atoms with van der Waals surface area (Å²) >= 11 is 0. The van der Waals surface area contributed by atoms with Crippen LogP contribution in [-0.2, 0) is 0 Å². The number of phenols is 2. The van der Waals surface area contributed by atoms with E-state index in [-0.39, 0.29) is 17.3 Å². The number of aliphatic imine (C=N–C) groups is 1. The molecule has 2 rings (SSSR count). The van der Waals surface area contributed by atoms with Crippen molar-refractivity contribution >= 4 is 11.5 Å². The van der Waals surface area contributed by atoms with E-state index >= 15 is 0 Å². The minimum atomic E-state index is -0.0528. The van der Waals surface area contributed by atoms with Crippen molar-refractivity contribution in [3.63, 3.8) is 0 Å². The molecule has 102 valence electrons. The maximum Gasteiger partial charge on any atom is 0.152 e. The predicted octanol–water partition coefficient (Wildman–Crippen LogP) is 3.24. The third-order valence-electron chi connectivity index (χ3n) is 2.98. The summed E-state index contributed by atoms with van der Waals surface area (Å²) in [6.07, 6.45) is 0. The second kappa shape index (κ2) is 5.57. The van der Waals surface area contributed by atoms with Crippen molar-refractivity contribution in [2.75, 3.05) is 0 Å². The minimum absolute atomic E-state index is 0.00680. The molecule has 20 heavy (non-hydrogen) atoms. The Labute approximate surface area is 117 Å². The molecule has 0 aliphatic rings. The van der Waals surface area contributed by atoms with Gasteiger partial charge < -0.3 is 10.2 Å². The van der Waals surface area contributed by atoms with Crippen molar-refractivity contribution in [1.29, 1.82) is 5.41 Å². The maximum absolute atomic E-state index is 9.77. The zero-order chi connectivity index (χ0) is 14.7. The summed E-state index contributed by atoms with van der Waals surface area (Å²) in [4.78, 5) is 4.20. The SMILES string of the molecule is C/C(=N\C(=N)c1ccc(C)cc1)c1ccc(O)cc1O. The van der Waals surface area contributed by atoms with Gasteiger partial charge in [0.1, 0.15) is 11.5 Å². The summed E-state index contributed by atoms with van der Waals surface area (Å²) in [5.41, 5.74) is 2.86. The van der Waals surface area contributed by atoms with Crippen LogP contribution in [0.2, 0.25) is 0 Å². The number of hydrogen-bond donors (Lipinski definition) is 3. The Morgan fingerprint density at radius 1 is 1.05 bits per heavy atom. The van der Waals surface area contributed by atoms with Gasteiger partial charge in [-0.15, -0.1) is 0 Å². The molecule has 0 unspecified atom stereocenters. The standard InChI is InChI=1S/C16H16N2O2/c1-10-3-5-12(6-4-10)16(17)18-11(2)14-8-7-13(19)9-15(14)20/h3-9,17,19-20H,1-2H3/b17-16?,18-11+. The first kappa shape index (κ1) is 13.8. The van der Waals surface area contributed by atoms with Crippen LogP contribution in [-0.4, -0.2) is 21.8 Å². The van der Waals surface area contributed by atoms with Gasteiger partial charge in [-0.25, -0.2) is 4.99 Å². The molecule has 2 aromatic carbocycles. The highest BCUT2D eigenvalue weighted by Crippen LogP contribution is 2.23. The topological polar surface area (TPSA) is 76.7 Å². The first-order valence-corrected chi connectivity index (χ1v) is 6.20. The normalized spacial score (nSPS) is 11.4. The number of nitrogens with zero attached hydrogens (tertiary/aromatic N) is 1. The number of phenolic OH excluding ortho intramolecular Hbond substituents is 2. The van der Waals surface area contributed by atoms with E-state index in [0.717, 1.165) is 5.56 Å². The molecule has 0 aromatic heterocycles. The maximum atomic E-state index is 9.77. The fourth-order valence-corrected chi connectivity index (χ4v) is 1.83. The Morgan fingerprint density at radius 3 is 2.30 bits per heavy atom. The molecule has 0 radical (unpaired) electrons. The zero-order valence-electron chi connectivity index (χ0n) is 11.4. The summed E-state index contributed by atoms with van der Waals surface area (Å²) in [6, 6.07) is 11.8. The van der Waals surface area contributed by atoms with Crippen LogP contribution in [0.4, 0.5) is 0 Å². The van der Waals surface area contributed by atoms with Gasteiger partial charge in [-0.2, -0.15) is 0 Å². The highest BCUT2D eigenvalue weighted by atomic mass is 16.3. The van der Waals surface area contributed by atoms with Crippen LogP contribution < -0.4 is 0 Å².